The molecule has 0 fully saturated rings. The van der Waals surface area contributed by atoms with Crippen LogP contribution in [0.15, 0.2) is 77.2 Å². The molecule has 0 spiro atoms. The van der Waals surface area contributed by atoms with Gasteiger partial charge in [-0.05, 0) is 25.0 Å². The molecule has 0 aliphatic carbocycles. The van der Waals surface area contributed by atoms with E-state index in [0.717, 1.165) is 17.2 Å². The molecule has 1 atom stereocenters. The zero-order chi connectivity index (χ0) is 20.0. The standard InChI is InChI=1S/C18H19N3O4S2/c1-4-14(10-13(2)3)11-17(18-19-8-9-26-18)20-27(24,25)16-7-5-6-15(12-16)21(22)23/h4-10,12,17,20H,1-2,11H2,3H3/b14-10+. The molecule has 7 nitrogen and oxygen atoms in total. The monoisotopic (exact) mass is 405 g/mol. The third kappa shape index (κ3) is 5.68. The average Bonchev–Trinajstić information content (AvgIpc) is 3.14. The fraction of sp³-hybridized carbons (Fsp3) is 0.167. The number of hydrogen-bond acceptors (Lipinski definition) is 6. The van der Waals surface area contributed by atoms with Crippen molar-refractivity contribution in [2.24, 2.45) is 0 Å². The summed E-state index contributed by atoms with van der Waals surface area (Å²) < 4.78 is 28.2. The first-order valence-corrected chi connectivity index (χ1v) is 10.2. The maximum Gasteiger partial charge on any atom is 0.270 e. The molecule has 2 aromatic rings. The van der Waals surface area contributed by atoms with E-state index in [1.165, 1.54) is 29.5 Å². The Morgan fingerprint density at radius 1 is 1.48 bits per heavy atom. The van der Waals surface area contributed by atoms with E-state index < -0.39 is 21.0 Å². The summed E-state index contributed by atoms with van der Waals surface area (Å²) in [5.74, 6) is 0. The van der Waals surface area contributed by atoms with Crippen molar-refractivity contribution in [1.82, 2.24) is 9.71 Å². The van der Waals surface area contributed by atoms with E-state index >= 15 is 0 Å². The fourth-order valence-corrected chi connectivity index (χ4v) is 4.36. The minimum atomic E-state index is -4.00. The summed E-state index contributed by atoms with van der Waals surface area (Å²) >= 11 is 1.32. The van der Waals surface area contributed by atoms with Gasteiger partial charge in [0.2, 0.25) is 10.0 Å². The molecule has 27 heavy (non-hydrogen) atoms. The first-order valence-electron chi connectivity index (χ1n) is 7.87. The Bertz CT molecular complexity index is 980. The molecule has 0 radical (unpaired) electrons. The summed E-state index contributed by atoms with van der Waals surface area (Å²) in [7, 11) is -4.00. The molecule has 1 N–H and O–H groups in total. The molecule has 142 valence electrons. The van der Waals surface area contributed by atoms with Crippen molar-refractivity contribution in [2.45, 2.75) is 24.3 Å². The van der Waals surface area contributed by atoms with Crippen molar-refractivity contribution >= 4 is 27.0 Å². The number of aromatic nitrogens is 1. The van der Waals surface area contributed by atoms with Gasteiger partial charge in [-0.1, -0.05) is 36.9 Å². The van der Waals surface area contributed by atoms with Crippen LogP contribution in [0.3, 0.4) is 0 Å². The molecular formula is C18H19N3O4S2. The van der Waals surface area contributed by atoms with Crippen LogP contribution in [0.4, 0.5) is 5.69 Å². The van der Waals surface area contributed by atoms with Crippen LogP contribution in [-0.2, 0) is 10.0 Å². The summed E-state index contributed by atoms with van der Waals surface area (Å²) in [6.07, 6.45) is 5.36. The molecule has 0 aliphatic heterocycles. The quantitative estimate of drug-likeness (QED) is 0.383. The second-order valence-electron chi connectivity index (χ2n) is 5.77. The molecule has 2 rings (SSSR count). The number of nitro groups is 1. The van der Waals surface area contributed by atoms with Gasteiger partial charge in [-0.2, -0.15) is 0 Å². The highest BCUT2D eigenvalue weighted by atomic mass is 32.2. The van der Waals surface area contributed by atoms with Crippen LogP contribution >= 0.6 is 11.3 Å². The van der Waals surface area contributed by atoms with Gasteiger partial charge in [0.25, 0.3) is 5.69 Å². The molecule has 0 amide bonds. The van der Waals surface area contributed by atoms with Gasteiger partial charge in [-0.25, -0.2) is 18.1 Å². The number of hydrogen-bond donors (Lipinski definition) is 1. The highest BCUT2D eigenvalue weighted by Gasteiger charge is 2.25. The largest absolute Gasteiger partial charge is 0.270 e. The average molecular weight is 406 g/mol. The van der Waals surface area contributed by atoms with E-state index in [0.29, 0.717) is 11.4 Å². The molecule has 0 saturated heterocycles. The number of nitrogens with zero attached hydrogens (tertiary/aromatic N) is 2. The van der Waals surface area contributed by atoms with E-state index in [1.54, 1.807) is 17.7 Å². The zero-order valence-electron chi connectivity index (χ0n) is 14.7. The Kier molecular flexibility index (Phi) is 6.78. The molecular weight excluding hydrogens is 386 g/mol. The summed E-state index contributed by atoms with van der Waals surface area (Å²) in [4.78, 5) is 14.3. The van der Waals surface area contributed by atoms with Gasteiger partial charge in [0.15, 0.2) is 0 Å². The highest BCUT2D eigenvalue weighted by Crippen LogP contribution is 2.27. The van der Waals surface area contributed by atoms with E-state index in [2.05, 4.69) is 22.9 Å². The summed E-state index contributed by atoms with van der Waals surface area (Å²) in [5, 5.41) is 13.3. The van der Waals surface area contributed by atoms with E-state index in [9.17, 15) is 18.5 Å². The predicted octanol–water partition coefficient (Wildman–Crippen LogP) is 4.15. The van der Waals surface area contributed by atoms with Crippen LogP contribution in [0.2, 0.25) is 0 Å². The lowest BCUT2D eigenvalue weighted by atomic mass is 10.1. The minimum absolute atomic E-state index is 0.178. The number of rotatable bonds is 9. The lowest BCUT2D eigenvalue weighted by molar-refractivity contribution is -0.385. The Morgan fingerprint density at radius 3 is 2.78 bits per heavy atom. The number of benzene rings is 1. The van der Waals surface area contributed by atoms with Gasteiger partial charge in [-0.15, -0.1) is 11.3 Å². The Hall–Kier alpha value is -2.62. The molecule has 1 aromatic heterocycles. The van der Waals surface area contributed by atoms with Crippen LogP contribution in [0, 0.1) is 10.1 Å². The molecule has 1 heterocycles. The first kappa shape index (κ1) is 20.7. The van der Waals surface area contributed by atoms with Crippen molar-refractivity contribution in [1.29, 1.82) is 0 Å². The van der Waals surface area contributed by atoms with Crippen LogP contribution in [-0.4, -0.2) is 18.3 Å². The molecule has 0 saturated carbocycles. The van der Waals surface area contributed by atoms with Gasteiger partial charge in [0.1, 0.15) is 5.01 Å². The van der Waals surface area contributed by atoms with Crippen LogP contribution in [0.1, 0.15) is 24.4 Å². The van der Waals surface area contributed by atoms with Crippen molar-refractivity contribution in [3.63, 3.8) is 0 Å². The van der Waals surface area contributed by atoms with Crippen molar-refractivity contribution in [2.75, 3.05) is 0 Å². The van der Waals surface area contributed by atoms with Gasteiger partial charge >= 0.3 is 0 Å². The lowest BCUT2D eigenvalue weighted by Crippen LogP contribution is -2.29. The number of nitrogens with one attached hydrogen (secondary N) is 1. The second-order valence-corrected chi connectivity index (χ2v) is 8.41. The van der Waals surface area contributed by atoms with Crippen LogP contribution in [0.5, 0.6) is 0 Å². The van der Waals surface area contributed by atoms with Gasteiger partial charge in [0, 0.05) is 23.7 Å². The van der Waals surface area contributed by atoms with Gasteiger partial charge in [-0.3, -0.25) is 10.1 Å². The molecule has 9 heteroatoms. The van der Waals surface area contributed by atoms with Gasteiger partial charge < -0.3 is 0 Å². The maximum absolute atomic E-state index is 12.8. The van der Waals surface area contributed by atoms with Crippen molar-refractivity contribution < 1.29 is 13.3 Å². The smallest absolute Gasteiger partial charge is 0.258 e. The predicted molar refractivity (Wildman–Crippen MR) is 106 cm³/mol. The SMILES string of the molecule is C=C/C(=C\C(=C)C)CC(NS(=O)(=O)c1cccc([N+](=O)[O-])c1)c1nccs1. The van der Waals surface area contributed by atoms with E-state index in [4.69, 9.17) is 0 Å². The highest BCUT2D eigenvalue weighted by molar-refractivity contribution is 7.89. The van der Waals surface area contributed by atoms with Crippen LogP contribution < -0.4 is 4.72 Å². The van der Waals surface area contributed by atoms with Crippen LogP contribution in [0.25, 0.3) is 0 Å². The van der Waals surface area contributed by atoms with E-state index in [1.807, 2.05) is 13.0 Å². The third-order valence-corrected chi connectivity index (χ3v) is 5.88. The minimum Gasteiger partial charge on any atom is -0.258 e. The normalized spacial score (nSPS) is 13.1. The zero-order valence-corrected chi connectivity index (χ0v) is 16.3. The molecule has 1 aromatic carbocycles. The number of allylic oxidation sites excluding steroid dienone is 3. The fourth-order valence-electron chi connectivity index (χ4n) is 2.36. The number of sulfonamides is 1. The maximum atomic E-state index is 12.8. The Balaban J connectivity index is 2.37. The topological polar surface area (TPSA) is 102 Å². The third-order valence-electron chi connectivity index (χ3n) is 3.52. The molecule has 0 bridgehead atoms. The van der Waals surface area contributed by atoms with Crippen molar-refractivity contribution in [3.05, 3.63) is 87.4 Å². The van der Waals surface area contributed by atoms with Gasteiger partial charge in [0.05, 0.1) is 15.9 Å². The van der Waals surface area contributed by atoms with Crippen molar-refractivity contribution in [3.8, 4) is 0 Å². The Labute approximate surface area is 162 Å². The summed E-state index contributed by atoms with van der Waals surface area (Å²) in [5.41, 5.74) is 1.31. The van der Waals surface area contributed by atoms with E-state index in [-0.39, 0.29) is 10.6 Å². The summed E-state index contributed by atoms with van der Waals surface area (Å²) in [6, 6.07) is 4.27. The molecule has 1 unspecified atom stereocenters. The first-order chi connectivity index (χ1) is 12.7. The summed E-state index contributed by atoms with van der Waals surface area (Å²) in [6.45, 7) is 9.41. The number of nitro benzene ring substituents is 1. The molecule has 0 aliphatic rings. The number of thiazole rings is 1. The number of non-ortho nitro benzene ring substituents is 1. The Morgan fingerprint density at radius 2 is 2.22 bits per heavy atom. The second kappa shape index (κ2) is 8.85. The lowest BCUT2D eigenvalue weighted by Gasteiger charge is -2.17.